The van der Waals surface area contributed by atoms with Gasteiger partial charge in [0.2, 0.25) is 0 Å². The van der Waals surface area contributed by atoms with E-state index in [0.717, 1.165) is 17.5 Å². The fraction of sp³-hybridized carbons (Fsp3) is 0.158. The van der Waals surface area contributed by atoms with Crippen molar-refractivity contribution in [2.45, 2.75) is 6.42 Å². The Morgan fingerprint density at radius 3 is 2.88 bits per heavy atom. The zero-order chi connectivity index (χ0) is 16.5. The van der Waals surface area contributed by atoms with Crippen molar-refractivity contribution in [1.29, 1.82) is 0 Å². The third kappa shape index (κ3) is 2.59. The lowest BCUT2D eigenvalue weighted by molar-refractivity contribution is 0.0773. The monoisotopic (exact) mass is 337 g/mol. The van der Waals surface area contributed by atoms with Crippen molar-refractivity contribution in [3.8, 4) is 0 Å². The fourth-order valence-electron chi connectivity index (χ4n) is 3.12. The van der Waals surface area contributed by atoms with Crippen LogP contribution in [0.1, 0.15) is 22.3 Å². The highest BCUT2D eigenvalue weighted by atomic mass is 35.5. The van der Waals surface area contributed by atoms with Crippen LogP contribution in [-0.4, -0.2) is 33.9 Å². The molecule has 0 radical (unpaired) electrons. The molecule has 120 valence electrons. The van der Waals surface area contributed by atoms with Gasteiger partial charge in [0.25, 0.3) is 5.91 Å². The van der Waals surface area contributed by atoms with Crippen LogP contribution in [0.5, 0.6) is 0 Å². The van der Waals surface area contributed by atoms with Crippen LogP contribution >= 0.6 is 11.6 Å². The molecule has 1 amide bonds. The molecule has 3 heterocycles. The SMILES string of the molecule is O=C(c1ccccc1Cl)N1CC=C(c2c[nH]c3ncccc23)CC1. The highest BCUT2D eigenvalue weighted by Crippen LogP contribution is 2.29. The molecular formula is C19H16ClN3O. The largest absolute Gasteiger partial charge is 0.346 e. The first kappa shape index (κ1) is 15.0. The molecule has 0 saturated carbocycles. The summed E-state index contributed by atoms with van der Waals surface area (Å²) in [6.07, 6.45) is 6.71. The number of carbonyl (C=O) groups is 1. The third-order valence-electron chi connectivity index (χ3n) is 4.40. The van der Waals surface area contributed by atoms with Gasteiger partial charge in [-0.1, -0.05) is 29.8 Å². The van der Waals surface area contributed by atoms with Crippen molar-refractivity contribution in [3.63, 3.8) is 0 Å². The van der Waals surface area contributed by atoms with Crippen molar-refractivity contribution in [1.82, 2.24) is 14.9 Å². The summed E-state index contributed by atoms with van der Waals surface area (Å²) in [5, 5.41) is 1.62. The molecule has 1 aromatic carbocycles. The molecule has 0 saturated heterocycles. The summed E-state index contributed by atoms with van der Waals surface area (Å²) in [4.78, 5) is 22.0. The Labute approximate surface area is 144 Å². The summed E-state index contributed by atoms with van der Waals surface area (Å²) >= 11 is 6.14. The van der Waals surface area contributed by atoms with E-state index in [1.807, 2.05) is 29.3 Å². The molecule has 0 bridgehead atoms. The van der Waals surface area contributed by atoms with Gasteiger partial charge in [-0.15, -0.1) is 0 Å². The molecule has 0 fully saturated rings. The summed E-state index contributed by atoms with van der Waals surface area (Å²) in [5.41, 5.74) is 3.87. The van der Waals surface area contributed by atoms with Gasteiger partial charge in [-0.25, -0.2) is 4.98 Å². The van der Waals surface area contributed by atoms with Crippen LogP contribution in [0.3, 0.4) is 0 Å². The minimum Gasteiger partial charge on any atom is -0.346 e. The normalized spacial score (nSPS) is 14.7. The number of pyridine rings is 1. The van der Waals surface area contributed by atoms with E-state index in [4.69, 9.17) is 11.6 Å². The summed E-state index contributed by atoms with van der Waals surface area (Å²) < 4.78 is 0. The van der Waals surface area contributed by atoms with E-state index in [1.165, 1.54) is 11.1 Å². The summed E-state index contributed by atoms with van der Waals surface area (Å²) in [6, 6.07) is 11.2. The van der Waals surface area contributed by atoms with Gasteiger partial charge in [0.05, 0.1) is 10.6 Å². The number of halogens is 1. The van der Waals surface area contributed by atoms with Gasteiger partial charge in [0.15, 0.2) is 0 Å². The number of amides is 1. The van der Waals surface area contributed by atoms with E-state index < -0.39 is 0 Å². The summed E-state index contributed by atoms with van der Waals surface area (Å²) in [7, 11) is 0. The molecule has 0 spiro atoms. The zero-order valence-electron chi connectivity index (χ0n) is 13.0. The standard InChI is InChI=1S/C19H16ClN3O/c20-17-6-2-1-4-15(17)19(24)23-10-7-13(8-11-23)16-12-22-18-14(16)5-3-9-21-18/h1-7,9,12H,8,10-11H2,(H,21,22). The highest BCUT2D eigenvalue weighted by Gasteiger charge is 2.21. The van der Waals surface area contributed by atoms with Crippen LogP contribution < -0.4 is 0 Å². The summed E-state index contributed by atoms with van der Waals surface area (Å²) in [6.45, 7) is 1.27. The van der Waals surface area contributed by atoms with Crippen molar-refractivity contribution < 1.29 is 4.79 Å². The van der Waals surface area contributed by atoms with E-state index in [1.54, 1.807) is 18.3 Å². The van der Waals surface area contributed by atoms with Crippen molar-refractivity contribution >= 4 is 34.1 Å². The van der Waals surface area contributed by atoms with Gasteiger partial charge in [-0.05, 0) is 36.3 Å². The molecule has 0 unspecified atom stereocenters. The molecule has 1 aliphatic heterocycles. The Bertz CT molecular complexity index is 944. The average Bonchev–Trinajstić information content (AvgIpc) is 3.06. The maximum Gasteiger partial charge on any atom is 0.255 e. The molecule has 0 aliphatic carbocycles. The molecule has 1 N–H and O–H groups in total. The number of benzene rings is 1. The van der Waals surface area contributed by atoms with Crippen LogP contribution in [-0.2, 0) is 0 Å². The van der Waals surface area contributed by atoms with Crippen LogP contribution in [0.4, 0.5) is 0 Å². The van der Waals surface area contributed by atoms with Gasteiger partial charge >= 0.3 is 0 Å². The number of H-pyrrole nitrogens is 1. The van der Waals surface area contributed by atoms with Gasteiger partial charge in [0.1, 0.15) is 5.65 Å². The number of aromatic nitrogens is 2. The van der Waals surface area contributed by atoms with Gasteiger partial charge in [-0.2, -0.15) is 0 Å². The maximum absolute atomic E-state index is 12.6. The van der Waals surface area contributed by atoms with E-state index in [9.17, 15) is 4.79 Å². The van der Waals surface area contributed by atoms with E-state index in [-0.39, 0.29) is 5.91 Å². The van der Waals surface area contributed by atoms with Gasteiger partial charge in [-0.3, -0.25) is 4.79 Å². The number of rotatable bonds is 2. The molecule has 4 nitrogen and oxygen atoms in total. The Hall–Kier alpha value is -2.59. The van der Waals surface area contributed by atoms with Crippen molar-refractivity contribution in [2.24, 2.45) is 0 Å². The predicted molar refractivity (Wildman–Crippen MR) is 96.0 cm³/mol. The lowest BCUT2D eigenvalue weighted by Crippen LogP contribution is -2.34. The van der Waals surface area contributed by atoms with E-state index in [0.29, 0.717) is 23.7 Å². The number of nitrogens with one attached hydrogen (secondary N) is 1. The minimum absolute atomic E-state index is 0.0171. The molecule has 4 rings (SSSR count). The Morgan fingerprint density at radius 1 is 1.21 bits per heavy atom. The predicted octanol–water partition coefficient (Wildman–Crippen LogP) is 4.15. The molecule has 2 aromatic heterocycles. The quantitative estimate of drug-likeness (QED) is 0.763. The van der Waals surface area contributed by atoms with Crippen LogP contribution in [0.25, 0.3) is 16.6 Å². The van der Waals surface area contributed by atoms with Gasteiger partial charge in [0, 0.05) is 36.4 Å². The first-order valence-electron chi connectivity index (χ1n) is 7.89. The lowest BCUT2D eigenvalue weighted by Gasteiger charge is -2.27. The molecule has 1 aliphatic rings. The highest BCUT2D eigenvalue weighted by molar-refractivity contribution is 6.33. The maximum atomic E-state index is 12.6. The Kier molecular flexibility index (Phi) is 3.82. The molecule has 5 heteroatoms. The zero-order valence-corrected chi connectivity index (χ0v) is 13.8. The molecule has 3 aromatic rings. The van der Waals surface area contributed by atoms with E-state index >= 15 is 0 Å². The average molecular weight is 338 g/mol. The minimum atomic E-state index is -0.0171. The molecule has 0 atom stereocenters. The number of fused-ring (bicyclic) bond motifs is 1. The second-order valence-electron chi connectivity index (χ2n) is 5.81. The lowest BCUT2D eigenvalue weighted by atomic mass is 9.99. The number of aromatic amines is 1. The topological polar surface area (TPSA) is 49.0 Å². The van der Waals surface area contributed by atoms with E-state index in [2.05, 4.69) is 22.1 Å². The van der Waals surface area contributed by atoms with Crippen LogP contribution in [0, 0.1) is 0 Å². The second kappa shape index (κ2) is 6.13. The Morgan fingerprint density at radius 2 is 2.08 bits per heavy atom. The molecular weight excluding hydrogens is 322 g/mol. The number of hydrogen-bond acceptors (Lipinski definition) is 2. The fourth-order valence-corrected chi connectivity index (χ4v) is 3.34. The van der Waals surface area contributed by atoms with Crippen LogP contribution in [0.15, 0.2) is 54.9 Å². The second-order valence-corrected chi connectivity index (χ2v) is 6.22. The van der Waals surface area contributed by atoms with Crippen molar-refractivity contribution in [3.05, 3.63) is 71.0 Å². The first-order chi connectivity index (χ1) is 11.7. The smallest absolute Gasteiger partial charge is 0.255 e. The van der Waals surface area contributed by atoms with Crippen LogP contribution in [0.2, 0.25) is 5.02 Å². The third-order valence-corrected chi connectivity index (χ3v) is 4.73. The first-order valence-corrected chi connectivity index (χ1v) is 8.27. The number of hydrogen-bond donors (Lipinski definition) is 1. The number of nitrogens with zero attached hydrogens (tertiary/aromatic N) is 2. The Balaban J connectivity index is 1.57. The molecule has 24 heavy (non-hydrogen) atoms. The number of carbonyl (C=O) groups excluding carboxylic acids is 1. The van der Waals surface area contributed by atoms with Gasteiger partial charge < -0.3 is 9.88 Å². The van der Waals surface area contributed by atoms with Crippen molar-refractivity contribution in [2.75, 3.05) is 13.1 Å². The summed E-state index contributed by atoms with van der Waals surface area (Å²) in [5.74, 6) is -0.0171.